The molecule has 2 aliphatic rings. The zero-order valence-electron chi connectivity index (χ0n) is 13.3. The Morgan fingerprint density at radius 1 is 1.17 bits per heavy atom. The average Bonchev–Trinajstić information content (AvgIpc) is 3.05. The third-order valence-electron chi connectivity index (χ3n) is 5.25. The summed E-state index contributed by atoms with van der Waals surface area (Å²) in [5.74, 6) is 0.149. The van der Waals surface area contributed by atoms with Crippen LogP contribution in [-0.4, -0.2) is 24.1 Å². The second kappa shape index (κ2) is 7.41. The van der Waals surface area contributed by atoms with E-state index in [2.05, 4.69) is 5.32 Å². The molecule has 0 radical (unpaired) electrons. The Morgan fingerprint density at radius 3 is 2.57 bits per heavy atom. The van der Waals surface area contributed by atoms with Gasteiger partial charge in [-0.15, -0.1) is 0 Å². The number of carbonyl (C=O) groups excluding carboxylic acids is 1. The second-order valence-corrected chi connectivity index (χ2v) is 6.74. The van der Waals surface area contributed by atoms with E-state index in [4.69, 9.17) is 10.5 Å². The smallest absolute Gasteiger partial charge is 0.234 e. The summed E-state index contributed by atoms with van der Waals surface area (Å²) < 4.78 is 19.5. The summed E-state index contributed by atoms with van der Waals surface area (Å²) in [5.41, 5.74) is 5.99. The lowest BCUT2D eigenvalue weighted by atomic mass is 9.82. The van der Waals surface area contributed by atoms with Crippen LogP contribution in [0.25, 0.3) is 0 Å². The molecular formula is C18H25FN2O2. The minimum atomic E-state index is -0.241. The largest absolute Gasteiger partial charge is 0.373 e. The molecule has 1 amide bonds. The van der Waals surface area contributed by atoms with Crippen molar-refractivity contribution in [1.29, 1.82) is 0 Å². The van der Waals surface area contributed by atoms with E-state index in [1.807, 2.05) is 6.07 Å². The number of nitrogens with two attached hydrogens (primary N) is 1. The van der Waals surface area contributed by atoms with Gasteiger partial charge in [0.15, 0.2) is 0 Å². The molecule has 0 spiro atoms. The fraction of sp³-hybridized carbons (Fsp3) is 0.611. The highest BCUT2D eigenvalue weighted by atomic mass is 19.1. The third-order valence-corrected chi connectivity index (χ3v) is 5.25. The van der Waals surface area contributed by atoms with Gasteiger partial charge in [0.2, 0.25) is 5.91 Å². The highest BCUT2D eigenvalue weighted by molar-refractivity contribution is 5.80. The number of amides is 1. The Labute approximate surface area is 136 Å². The van der Waals surface area contributed by atoms with E-state index in [-0.39, 0.29) is 23.9 Å². The summed E-state index contributed by atoms with van der Waals surface area (Å²) in [6.45, 7) is 0.341. The van der Waals surface area contributed by atoms with Crippen LogP contribution in [0.2, 0.25) is 0 Å². The second-order valence-electron chi connectivity index (χ2n) is 6.74. The highest BCUT2D eigenvalue weighted by Crippen LogP contribution is 2.33. The molecule has 1 saturated carbocycles. The van der Waals surface area contributed by atoms with Crippen molar-refractivity contribution in [3.8, 4) is 0 Å². The van der Waals surface area contributed by atoms with Crippen molar-refractivity contribution in [1.82, 2.24) is 5.32 Å². The quantitative estimate of drug-likeness (QED) is 0.876. The zero-order chi connectivity index (χ0) is 16.2. The molecule has 1 aliphatic carbocycles. The molecule has 3 rings (SSSR count). The van der Waals surface area contributed by atoms with E-state index in [0.29, 0.717) is 24.1 Å². The van der Waals surface area contributed by atoms with E-state index < -0.39 is 0 Å². The van der Waals surface area contributed by atoms with Crippen LogP contribution in [0.5, 0.6) is 0 Å². The summed E-state index contributed by atoms with van der Waals surface area (Å²) in [6, 6.07) is 7.01. The molecule has 1 heterocycles. The molecule has 23 heavy (non-hydrogen) atoms. The van der Waals surface area contributed by atoms with Crippen molar-refractivity contribution in [3.63, 3.8) is 0 Å². The molecule has 2 atom stereocenters. The van der Waals surface area contributed by atoms with Gasteiger partial charge in [0.25, 0.3) is 0 Å². The normalized spacial score (nSPS) is 31.2. The van der Waals surface area contributed by atoms with Crippen LogP contribution in [0, 0.1) is 11.7 Å². The van der Waals surface area contributed by atoms with Crippen LogP contribution < -0.4 is 11.1 Å². The van der Waals surface area contributed by atoms with Crippen molar-refractivity contribution >= 4 is 5.91 Å². The molecule has 1 aromatic rings. The van der Waals surface area contributed by atoms with Crippen molar-refractivity contribution in [2.45, 2.75) is 63.3 Å². The van der Waals surface area contributed by atoms with Crippen LogP contribution >= 0.6 is 0 Å². The molecule has 4 nitrogen and oxygen atoms in total. The Balaban J connectivity index is 1.42. The summed E-state index contributed by atoms with van der Waals surface area (Å²) in [5, 5.41) is 3.38. The maximum absolute atomic E-state index is 13.6. The summed E-state index contributed by atoms with van der Waals surface area (Å²) in [7, 11) is 0. The molecule has 0 bridgehead atoms. The van der Waals surface area contributed by atoms with Gasteiger partial charge < -0.3 is 15.8 Å². The molecule has 1 aliphatic heterocycles. The first-order valence-electron chi connectivity index (χ1n) is 8.54. The van der Waals surface area contributed by atoms with Crippen LogP contribution in [0.1, 0.15) is 44.1 Å². The van der Waals surface area contributed by atoms with Crippen molar-refractivity contribution < 1.29 is 13.9 Å². The van der Waals surface area contributed by atoms with Gasteiger partial charge in [-0.2, -0.15) is 0 Å². The van der Waals surface area contributed by atoms with Gasteiger partial charge in [0.1, 0.15) is 5.82 Å². The molecule has 1 saturated heterocycles. The Bertz CT molecular complexity index is 544. The number of halogens is 1. The van der Waals surface area contributed by atoms with Crippen LogP contribution in [-0.2, 0) is 16.1 Å². The van der Waals surface area contributed by atoms with Crippen molar-refractivity contribution in [2.24, 2.45) is 11.7 Å². The number of ether oxygens (including phenoxy) is 1. The Kier molecular flexibility index (Phi) is 5.28. The molecule has 5 heteroatoms. The lowest BCUT2D eigenvalue weighted by Gasteiger charge is -2.32. The number of carbonyl (C=O) groups is 1. The maximum Gasteiger partial charge on any atom is 0.234 e. The molecule has 0 unspecified atom stereocenters. The van der Waals surface area contributed by atoms with Gasteiger partial charge in [-0.25, -0.2) is 4.39 Å². The molecular weight excluding hydrogens is 295 g/mol. The first kappa shape index (κ1) is 16.4. The van der Waals surface area contributed by atoms with Gasteiger partial charge in [-0.1, -0.05) is 18.2 Å². The molecule has 3 N–H and O–H groups in total. The highest BCUT2D eigenvalue weighted by Gasteiger charge is 2.34. The van der Waals surface area contributed by atoms with Crippen LogP contribution in [0.4, 0.5) is 4.39 Å². The fourth-order valence-electron chi connectivity index (χ4n) is 3.85. The SMILES string of the molecule is NC(=O)[C@H]1CC[C@@H](C2CCC(OCc3ccccc3F)CC2)N1. The standard InChI is InChI=1S/C18H25FN2O2/c19-15-4-2-1-3-13(15)11-23-14-7-5-12(6-8-14)16-9-10-17(21-16)18(20)22/h1-4,12,14,16-17,21H,5-11H2,(H2,20,22)/t12?,14?,16-,17+/m0/s1. The average molecular weight is 320 g/mol. The number of rotatable bonds is 5. The fourth-order valence-corrected chi connectivity index (χ4v) is 3.85. The van der Waals surface area contributed by atoms with Crippen LogP contribution in [0.3, 0.4) is 0 Å². The maximum atomic E-state index is 13.6. The van der Waals surface area contributed by atoms with Crippen molar-refractivity contribution in [2.75, 3.05) is 0 Å². The molecule has 126 valence electrons. The number of primary amides is 1. The van der Waals surface area contributed by atoms with Gasteiger partial charge in [0.05, 0.1) is 18.8 Å². The van der Waals surface area contributed by atoms with E-state index in [9.17, 15) is 9.18 Å². The molecule has 2 fully saturated rings. The van der Waals surface area contributed by atoms with E-state index in [1.54, 1.807) is 12.1 Å². The lowest BCUT2D eigenvalue weighted by molar-refractivity contribution is -0.119. The summed E-state index contributed by atoms with van der Waals surface area (Å²) in [6.07, 6.45) is 6.26. The first-order valence-corrected chi connectivity index (χ1v) is 8.54. The topological polar surface area (TPSA) is 64.4 Å². The first-order chi connectivity index (χ1) is 11.1. The van der Waals surface area contributed by atoms with Gasteiger partial charge in [-0.3, -0.25) is 4.79 Å². The Morgan fingerprint density at radius 2 is 1.91 bits per heavy atom. The molecule has 1 aromatic carbocycles. The Hall–Kier alpha value is -1.46. The summed E-state index contributed by atoms with van der Waals surface area (Å²) >= 11 is 0. The lowest BCUT2D eigenvalue weighted by Crippen LogP contribution is -2.43. The predicted octanol–water partition coefficient (Wildman–Crippen LogP) is 2.51. The zero-order valence-corrected chi connectivity index (χ0v) is 13.3. The van der Waals surface area contributed by atoms with Crippen molar-refractivity contribution in [3.05, 3.63) is 35.6 Å². The number of hydrogen-bond acceptors (Lipinski definition) is 3. The molecule has 0 aromatic heterocycles. The minimum absolute atomic E-state index is 0.157. The van der Waals surface area contributed by atoms with Crippen LogP contribution in [0.15, 0.2) is 24.3 Å². The van der Waals surface area contributed by atoms with Gasteiger partial charge in [-0.05, 0) is 50.5 Å². The summed E-state index contributed by atoms with van der Waals surface area (Å²) in [4.78, 5) is 11.2. The van der Waals surface area contributed by atoms with E-state index in [0.717, 1.165) is 38.5 Å². The monoisotopic (exact) mass is 320 g/mol. The van der Waals surface area contributed by atoms with E-state index in [1.165, 1.54) is 6.07 Å². The van der Waals surface area contributed by atoms with E-state index >= 15 is 0 Å². The predicted molar refractivity (Wildman–Crippen MR) is 86.1 cm³/mol. The third kappa shape index (κ3) is 4.09. The number of hydrogen-bond donors (Lipinski definition) is 2. The van der Waals surface area contributed by atoms with Gasteiger partial charge >= 0.3 is 0 Å². The number of benzene rings is 1. The minimum Gasteiger partial charge on any atom is -0.373 e. The van der Waals surface area contributed by atoms with Gasteiger partial charge in [0, 0.05) is 11.6 Å². The number of nitrogens with one attached hydrogen (secondary N) is 1.